The van der Waals surface area contributed by atoms with Crippen LogP contribution in [0, 0.1) is 0 Å². The van der Waals surface area contributed by atoms with Crippen LogP contribution in [0.1, 0.15) is 24.4 Å². The van der Waals surface area contributed by atoms with Gasteiger partial charge in [-0.25, -0.2) is 0 Å². The van der Waals surface area contributed by atoms with Crippen LogP contribution in [0.15, 0.2) is 18.5 Å². The molecule has 5 nitrogen and oxygen atoms in total. The Morgan fingerprint density at radius 3 is 2.88 bits per heavy atom. The molecule has 0 saturated heterocycles. The zero-order valence-electron chi connectivity index (χ0n) is 9.47. The van der Waals surface area contributed by atoms with Crippen molar-refractivity contribution >= 4 is 5.97 Å². The van der Waals surface area contributed by atoms with E-state index in [9.17, 15) is 4.79 Å². The predicted octanol–water partition coefficient (Wildman–Crippen LogP) is 1.04. The lowest BCUT2D eigenvalue weighted by molar-refractivity contribution is -0.140. The second kappa shape index (κ2) is 6.07. The lowest BCUT2D eigenvalue weighted by Gasteiger charge is -2.11. The SMILES string of the molecule is COC(=O)CCC(N)c1cncc(OC)c1. The minimum Gasteiger partial charge on any atom is -0.495 e. The molecule has 0 aromatic carbocycles. The first-order chi connectivity index (χ1) is 7.67. The Morgan fingerprint density at radius 1 is 1.50 bits per heavy atom. The largest absolute Gasteiger partial charge is 0.495 e. The van der Waals surface area contributed by atoms with Gasteiger partial charge in [0, 0.05) is 18.7 Å². The molecule has 1 unspecified atom stereocenters. The van der Waals surface area contributed by atoms with Crippen LogP contribution in [0.2, 0.25) is 0 Å². The van der Waals surface area contributed by atoms with E-state index >= 15 is 0 Å². The molecular weight excluding hydrogens is 208 g/mol. The van der Waals surface area contributed by atoms with Crippen molar-refractivity contribution in [2.45, 2.75) is 18.9 Å². The molecule has 0 bridgehead atoms. The molecule has 1 atom stereocenters. The van der Waals surface area contributed by atoms with Crippen molar-refractivity contribution in [2.75, 3.05) is 14.2 Å². The van der Waals surface area contributed by atoms with Crippen LogP contribution >= 0.6 is 0 Å². The van der Waals surface area contributed by atoms with E-state index in [-0.39, 0.29) is 12.0 Å². The summed E-state index contributed by atoms with van der Waals surface area (Å²) >= 11 is 0. The molecule has 0 amide bonds. The van der Waals surface area contributed by atoms with E-state index < -0.39 is 0 Å². The normalized spacial score (nSPS) is 11.9. The number of rotatable bonds is 5. The van der Waals surface area contributed by atoms with Gasteiger partial charge in [-0.15, -0.1) is 0 Å². The lowest BCUT2D eigenvalue weighted by Crippen LogP contribution is -2.13. The molecule has 1 aromatic heterocycles. The van der Waals surface area contributed by atoms with Gasteiger partial charge in [-0.2, -0.15) is 0 Å². The number of esters is 1. The number of hydrogen-bond donors (Lipinski definition) is 1. The van der Waals surface area contributed by atoms with E-state index in [2.05, 4.69) is 9.72 Å². The molecule has 0 fully saturated rings. The Morgan fingerprint density at radius 2 is 2.25 bits per heavy atom. The fourth-order valence-electron chi connectivity index (χ4n) is 1.29. The first-order valence-corrected chi connectivity index (χ1v) is 4.98. The Hall–Kier alpha value is -1.62. The second-order valence-electron chi connectivity index (χ2n) is 3.38. The molecule has 16 heavy (non-hydrogen) atoms. The van der Waals surface area contributed by atoms with Crippen LogP contribution in [0.3, 0.4) is 0 Å². The van der Waals surface area contributed by atoms with Crippen LogP contribution in [0.4, 0.5) is 0 Å². The molecule has 0 aliphatic rings. The summed E-state index contributed by atoms with van der Waals surface area (Å²) in [6, 6.07) is 1.58. The Balaban J connectivity index is 2.58. The van der Waals surface area contributed by atoms with Gasteiger partial charge in [-0.3, -0.25) is 9.78 Å². The highest BCUT2D eigenvalue weighted by Crippen LogP contribution is 2.19. The summed E-state index contributed by atoms with van der Waals surface area (Å²) in [6.45, 7) is 0. The zero-order chi connectivity index (χ0) is 12.0. The summed E-state index contributed by atoms with van der Waals surface area (Å²) in [6.07, 6.45) is 4.11. The van der Waals surface area contributed by atoms with E-state index in [1.807, 2.05) is 6.07 Å². The van der Waals surface area contributed by atoms with E-state index in [1.165, 1.54) is 7.11 Å². The number of aromatic nitrogens is 1. The lowest BCUT2D eigenvalue weighted by atomic mass is 10.1. The quantitative estimate of drug-likeness (QED) is 0.756. The number of carbonyl (C=O) groups excluding carboxylic acids is 1. The maximum absolute atomic E-state index is 11.0. The second-order valence-corrected chi connectivity index (χ2v) is 3.38. The predicted molar refractivity (Wildman–Crippen MR) is 59.0 cm³/mol. The summed E-state index contributed by atoms with van der Waals surface area (Å²) < 4.78 is 9.59. The number of nitrogens with two attached hydrogens (primary N) is 1. The molecule has 88 valence electrons. The molecule has 5 heteroatoms. The van der Waals surface area contributed by atoms with E-state index in [0.717, 1.165) is 5.56 Å². The van der Waals surface area contributed by atoms with Gasteiger partial charge in [-0.1, -0.05) is 0 Å². The molecule has 2 N–H and O–H groups in total. The van der Waals surface area contributed by atoms with Crippen LogP contribution in [0.5, 0.6) is 5.75 Å². The topological polar surface area (TPSA) is 74.4 Å². The fraction of sp³-hybridized carbons (Fsp3) is 0.455. The first-order valence-electron chi connectivity index (χ1n) is 4.98. The zero-order valence-corrected chi connectivity index (χ0v) is 9.47. The van der Waals surface area contributed by atoms with Crippen molar-refractivity contribution in [3.63, 3.8) is 0 Å². The van der Waals surface area contributed by atoms with Crippen LogP contribution < -0.4 is 10.5 Å². The Kier molecular flexibility index (Phi) is 4.72. The number of nitrogens with zero attached hydrogens (tertiary/aromatic N) is 1. The maximum atomic E-state index is 11.0. The number of pyridine rings is 1. The van der Waals surface area contributed by atoms with Gasteiger partial charge in [0.1, 0.15) is 5.75 Å². The Labute approximate surface area is 94.6 Å². The molecular formula is C11H16N2O3. The number of methoxy groups -OCH3 is 2. The molecule has 0 radical (unpaired) electrons. The number of hydrogen-bond acceptors (Lipinski definition) is 5. The van der Waals surface area contributed by atoms with Crippen molar-refractivity contribution in [3.05, 3.63) is 24.0 Å². The highest BCUT2D eigenvalue weighted by atomic mass is 16.5. The highest BCUT2D eigenvalue weighted by Gasteiger charge is 2.10. The van der Waals surface area contributed by atoms with Gasteiger partial charge in [0.2, 0.25) is 0 Å². The smallest absolute Gasteiger partial charge is 0.305 e. The van der Waals surface area contributed by atoms with Gasteiger partial charge < -0.3 is 15.2 Å². The van der Waals surface area contributed by atoms with Crippen LogP contribution in [-0.4, -0.2) is 25.2 Å². The molecule has 0 aliphatic heterocycles. The van der Waals surface area contributed by atoms with Crippen LogP contribution in [-0.2, 0) is 9.53 Å². The summed E-state index contributed by atoms with van der Waals surface area (Å²) in [4.78, 5) is 15.0. The van der Waals surface area contributed by atoms with E-state index in [1.54, 1.807) is 19.5 Å². The molecule has 1 rings (SSSR count). The number of carbonyl (C=O) groups is 1. The molecule has 1 aromatic rings. The maximum Gasteiger partial charge on any atom is 0.305 e. The van der Waals surface area contributed by atoms with Crippen molar-refractivity contribution in [1.82, 2.24) is 4.98 Å². The molecule has 0 spiro atoms. The average molecular weight is 224 g/mol. The summed E-state index contributed by atoms with van der Waals surface area (Å²) in [7, 11) is 2.93. The van der Waals surface area contributed by atoms with E-state index in [4.69, 9.17) is 10.5 Å². The monoisotopic (exact) mass is 224 g/mol. The number of ether oxygens (including phenoxy) is 2. The fourth-order valence-corrected chi connectivity index (χ4v) is 1.29. The van der Waals surface area contributed by atoms with Gasteiger partial charge in [-0.05, 0) is 18.1 Å². The summed E-state index contributed by atoms with van der Waals surface area (Å²) in [5.74, 6) is 0.400. The Bertz CT molecular complexity index is 355. The third-order valence-electron chi connectivity index (χ3n) is 2.29. The minimum absolute atomic E-state index is 0.235. The molecule has 0 saturated carbocycles. The van der Waals surface area contributed by atoms with E-state index in [0.29, 0.717) is 18.6 Å². The van der Waals surface area contributed by atoms with Crippen LogP contribution in [0.25, 0.3) is 0 Å². The standard InChI is InChI=1S/C11H16N2O3/c1-15-9-5-8(6-13-7-9)10(12)3-4-11(14)16-2/h5-7,10H,3-4,12H2,1-2H3. The third kappa shape index (κ3) is 3.51. The van der Waals surface area contributed by atoms with Crippen molar-refractivity contribution in [3.8, 4) is 5.75 Å². The van der Waals surface area contributed by atoms with Crippen molar-refractivity contribution in [1.29, 1.82) is 0 Å². The summed E-state index contributed by atoms with van der Waals surface area (Å²) in [5.41, 5.74) is 6.77. The highest BCUT2D eigenvalue weighted by molar-refractivity contribution is 5.69. The van der Waals surface area contributed by atoms with Gasteiger partial charge in [0.05, 0.1) is 20.4 Å². The van der Waals surface area contributed by atoms with Crippen molar-refractivity contribution in [2.24, 2.45) is 5.73 Å². The molecule has 0 aliphatic carbocycles. The van der Waals surface area contributed by atoms with Gasteiger partial charge >= 0.3 is 5.97 Å². The van der Waals surface area contributed by atoms with Gasteiger partial charge in [0.15, 0.2) is 0 Å². The molecule has 1 heterocycles. The summed E-state index contributed by atoms with van der Waals surface area (Å²) in [5, 5.41) is 0. The third-order valence-corrected chi connectivity index (χ3v) is 2.29. The van der Waals surface area contributed by atoms with Crippen molar-refractivity contribution < 1.29 is 14.3 Å². The average Bonchev–Trinajstić information content (AvgIpc) is 2.35. The van der Waals surface area contributed by atoms with Gasteiger partial charge in [0.25, 0.3) is 0 Å². The first kappa shape index (κ1) is 12.4. The minimum atomic E-state index is -0.258.